The summed E-state index contributed by atoms with van der Waals surface area (Å²) in [4.78, 5) is 13.1. The minimum Gasteiger partial charge on any atom is -0.492 e. The first-order chi connectivity index (χ1) is 9.63. The second kappa shape index (κ2) is 7.64. The van der Waals surface area contributed by atoms with Crippen molar-refractivity contribution in [3.8, 4) is 5.75 Å². The molecule has 0 saturated carbocycles. The van der Waals surface area contributed by atoms with Gasteiger partial charge in [-0.05, 0) is 43.5 Å². The molecule has 1 aromatic rings. The molecular formula is C15H20BrNO3. The van der Waals surface area contributed by atoms with Crippen molar-refractivity contribution in [1.29, 1.82) is 0 Å². The Morgan fingerprint density at radius 1 is 1.50 bits per heavy atom. The van der Waals surface area contributed by atoms with Gasteiger partial charge in [-0.15, -0.1) is 0 Å². The van der Waals surface area contributed by atoms with Gasteiger partial charge in [-0.3, -0.25) is 9.69 Å². The largest absolute Gasteiger partial charge is 0.492 e. The number of halogens is 1. The molecule has 1 unspecified atom stereocenters. The molecule has 20 heavy (non-hydrogen) atoms. The molecule has 0 spiro atoms. The van der Waals surface area contributed by atoms with Crippen molar-refractivity contribution in [2.75, 3.05) is 26.2 Å². The summed E-state index contributed by atoms with van der Waals surface area (Å²) in [6, 6.07) is 7.80. The maximum atomic E-state index is 10.8. The molecule has 1 aliphatic heterocycles. The molecule has 0 radical (unpaired) electrons. The van der Waals surface area contributed by atoms with E-state index in [1.165, 1.54) is 0 Å². The molecular weight excluding hydrogens is 322 g/mol. The Morgan fingerprint density at radius 3 is 3.10 bits per heavy atom. The quantitative estimate of drug-likeness (QED) is 0.863. The zero-order valence-corrected chi connectivity index (χ0v) is 13.0. The first-order valence-electron chi connectivity index (χ1n) is 6.96. The molecule has 1 aromatic carbocycles. The van der Waals surface area contributed by atoms with Crippen LogP contribution in [0.1, 0.15) is 19.3 Å². The van der Waals surface area contributed by atoms with Gasteiger partial charge in [0.05, 0.1) is 0 Å². The molecule has 1 saturated heterocycles. The van der Waals surface area contributed by atoms with Gasteiger partial charge in [-0.25, -0.2) is 0 Å². The van der Waals surface area contributed by atoms with Crippen LogP contribution in [-0.4, -0.2) is 42.2 Å². The first-order valence-corrected chi connectivity index (χ1v) is 7.75. The molecule has 1 fully saturated rings. The third-order valence-corrected chi connectivity index (χ3v) is 4.03. The maximum absolute atomic E-state index is 10.8. The Labute approximate surface area is 127 Å². The number of benzene rings is 1. The van der Waals surface area contributed by atoms with Crippen molar-refractivity contribution in [1.82, 2.24) is 4.90 Å². The highest BCUT2D eigenvalue weighted by molar-refractivity contribution is 9.10. The lowest BCUT2D eigenvalue weighted by Gasteiger charge is -2.31. The smallest absolute Gasteiger partial charge is 0.303 e. The minimum atomic E-state index is -0.692. The number of carbonyl (C=O) groups is 1. The Hall–Kier alpha value is -1.07. The fourth-order valence-corrected chi connectivity index (χ4v) is 3.00. The average Bonchev–Trinajstić information content (AvgIpc) is 2.38. The number of hydrogen-bond donors (Lipinski definition) is 1. The first kappa shape index (κ1) is 15.3. The monoisotopic (exact) mass is 341 g/mol. The number of likely N-dealkylation sites (tertiary alicyclic amines) is 1. The molecule has 5 heteroatoms. The van der Waals surface area contributed by atoms with Crippen LogP contribution in [-0.2, 0) is 4.79 Å². The normalized spacial score (nSPS) is 19.8. The number of rotatable bonds is 6. The van der Waals surface area contributed by atoms with E-state index in [1.807, 2.05) is 24.3 Å². The summed E-state index contributed by atoms with van der Waals surface area (Å²) < 4.78 is 6.73. The summed E-state index contributed by atoms with van der Waals surface area (Å²) >= 11 is 3.42. The van der Waals surface area contributed by atoms with E-state index in [0.717, 1.165) is 42.7 Å². The second-order valence-electron chi connectivity index (χ2n) is 5.21. The summed E-state index contributed by atoms with van der Waals surface area (Å²) in [5, 5.41) is 8.86. The van der Waals surface area contributed by atoms with Gasteiger partial charge < -0.3 is 9.84 Å². The fraction of sp³-hybridized carbons (Fsp3) is 0.533. The number of hydrogen-bond acceptors (Lipinski definition) is 3. The van der Waals surface area contributed by atoms with Gasteiger partial charge in [0.25, 0.3) is 0 Å². The summed E-state index contributed by atoms with van der Waals surface area (Å²) in [6.07, 6.45) is 2.38. The predicted octanol–water partition coefficient (Wildman–Crippen LogP) is 3.01. The van der Waals surface area contributed by atoms with Gasteiger partial charge in [0, 0.05) is 24.0 Å². The molecule has 0 amide bonds. The molecule has 1 N–H and O–H groups in total. The lowest BCUT2D eigenvalue weighted by atomic mass is 9.95. The molecule has 0 aromatic heterocycles. The van der Waals surface area contributed by atoms with Crippen LogP contribution in [0, 0.1) is 5.92 Å². The third kappa shape index (κ3) is 5.13. The summed E-state index contributed by atoms with van der Waals surface area (Å²) in [5.74, 6) is 0.452. The van der Waals surface area contributed by atoms with Crippen LogP contribution in [0.5, 0.6) is 5.75 Å². The van der Waals surface area contributed by atoms with E-state index in [9.17, 15) is 4.79 Å². The number of aliphatic carboxylic acids is 1. The van der Waals surface area contributed by atoms with E-state index in [4.69, 9.17) is 9.84 Å². The minimum absolute atomic E-state index is 0.281. The van der Waals surface area contributed by atoms with Crippen LogP contribution in [0.2, 0.25) is 0 Å². The van der Waals surface area contributed by atoms with Crippen molar-refractivity contribution in [2.45, 2.75) is 19.3 Å². The van der Waals surface area contributed by atoms with E-state index in [2.05, 4.69) is 20.8 Å². The number of piperidine rings is 1. The van der Waals surface area contributed by atoms with Gasteiger partial charge >= 0.3 is 5.97 Å². The Morgan fingerprint density at radius 2 is 2.35 bits per heavy atom. The maximum Gasteiger partial charge on any atom is 0.303 e. The van der Waals surface area contributed by atoms with E-state index in [-0.39, 0.29) is 12.3 Å². The summed E-state index contributed by atoms with van der Waals surface area (Å²) in [7, 11) is 0. The van der Waals surface area contributed by atoms with Crippen LogP contribution in [0.15, 0.2) is 28.7 Å². The van der Waals surface area contributed by atoms with Crippen LogP contribution >= 0.6 is 15.9 Å². The van der Waals surface area contributed by atoms with Gasteiger partial charge in [0.2, 0.25) is 0 Å². The van der Waals surface area contributed by atoms with Crippen LogP contribution in [0.4, 0.5) is 0 Å². The van der Waals surface area contributed by atoms with Crippen molar-refractivity contribution in [3.05, 3.63) is 28.7 Å². The van der Waals surface area contributed by atoms with Crippen molar-refractivity contribution < 1.29 is 14.6 Å². The van der Waals surface area contributed by atoms with Crippen LogP contribution in [0.25, 0.3) is 0 Å². The van der Waals surface area contributed by atoms with E-state index in [0.29, 0.717) is 6.61 Å². The summed E-state index contributed by atoms with van der Waals surface area (Å²) in [5.41, 5.74) is 0. The summed E-state index contributed by atoms with van der Waals surface area (Å²) in [6.45, 7) is 3.39. The van der Waals surface area contributed by atoms with Crippen LogP contribution in [0.3, 0.4) is 0 Å². The Kier molecular flexibility index (Phi) is 5.86. The molecule has 4 nitrogen and oxygen atoms in total. The standard InChI is InChI=1S/C15H20BrNO3/c16-13-4-1-5-14(10-13)20-8-7-17-6-2-3-12(11-17)9-15(18)19/h1,4-5,10,12H,2-3,6-9,11H2,(H,18,19). The number of carboxylic acid groups (broad SMARTS) is 1. The zero-order chi connectivity index (χ0) is 14.4. The lowest BCUT2D eigenvalue weighted by Crippen LogP contribution is -2.38. The molecule has 0 aliphatic carbocycles. The van der Waals surface area contributed by atoms with Gasteiger partial charge in [0.15, 0.2) is 0 Å². The highest BCUT2D eigenvalue weighted by Crippen LogP contribution is 2.20. The number of carboxylic acids is 1. The number of nitrogens with zero attached hydrogens (tertiary/aromatic N) is 1. The Bertz CT molecular complexity index is 452. The molecule has 0 bridgehead atoms. The van der Waals surface area contributed by atoms with Gasteiger partial charge in [0.1, 0.15) is 12.4 Å². The lowest BCUT2D eigenvalue weighted by molar-refractivity contribution is -0.138. The topological polar surface area (TPSA) is 49.8 Å². The SMILES string of the molecule is O=C(O)CC1CCCN(CCOc2cccc(Br)c2)C1. The molecule has 1 aliphatic rings. The van der Waals surface area contributed by atoms with E-state index >= 15 is 0 Å². The van der Waals surface area contributed by atoms with Crippen molar-refractivity contribution in [2.24, 2.45) is 5.92 Å². The number of ether oxygens (including phenoxy) is 1. The van der Waals surface area contributed by atoms with Gasteiger partial charge in [-0.2, -0.15) is 0 Å². The highest BCUT2D eigenvalue weighted by atomic mass is 79.9. The van der Waals surface area contributed by atoms with E-state index in [1.54, 1.807) is 0 Å². The molecule has 1 atom stereocenters. The molecule has 110 valence electrons. The Balaban J connectivity index is 1.72. The molecule has 1 heterocycles. The van der Waals surface area contributed by atoms with Crippen LogP contribution < -0.4 is 4.74 Å². The predicted molar refractivity (Wildman–Crippen MR) is 81.1 cm³/mol. The van der Waals surface area contributed by atoms with E-state index < -0.39 is 5.97 Å². The van der Waals surface area contributed by atoms with Gasteiger partial charge in [-0.1, -0.05) is 22.0 Å². The third-order valence-electron chi connectivity index (χ3n) is 3.54. The average molecular weight is 342 g/mol. The highest BCUT2D eigenvalue weighted by Gasteiger charge is 2.21. The van der Waals surface area contributed by atoms with Crippen molar-refractivity contribution in [3.63, 3.8) is 0 Å². The molecule has 2 rings (SSSR count). The fourth-order valence-electron chi connectivity index (χ4n) is 2.62. The van der Waals surface area contributed by atoms with Crippen molar-refractivity contribution >= 4 is 21.9 Å². The zero-order valence-electron chi connectivity index (χ0n) is 11.4. The second-order valence-corrected chi connectivity index (χ2v) is 6.13.